The molecule has 0 spiro atoms. The van der Waals surface area contributed by atoms with E-state index in [0.717, 1.165) is 0 Å². The van der Waals surface area contributed by atoms with E-state index >= 15 is 0 Å². The second-order valence-electron chi connectivity index (χ2n) is 3.85. The second kappa shape index (κ2) is 7.81. The van der Waals surface area contributed by atoms with Crippen LogP contribution >= 0.6 is 11.8 Å². The van der Waals surface area contributed by atoms with Crippen LogP contribution in [-0.2, 0) is 9.53 Å². The fraction of sp³-hybridized carbons (Fsp3) is 0.900. The van der Waals surface area contributed by atoms with E-state index in [1.807, 2.05) is 13.8 Å². The lowest BCUT2D eigenvalue weighted by Gasteiger charge is -2.07. The van der Waals surface area contributed by atoms with Crippen LogP contribution in [0.5, 0.6) is 0 Å². The van der Waals surface area contributed by atoms with Gasteiger partial charge in [-0.05, 0) is 18.1 Å². The molecule has 2 nitrogen and oxygen atoms in total. The number of thioether (sulfide) groups is 1. The van der Waals surface area contributed by atoms with Gasteiger partial charge < -0.3 is 4.74 Å². The van der Waals surface area contributed by atoms with Crippen molar-refractivity contribution in [3.8, 4) is 0 Å². The molecule has 0 aliphatic rings. The Morgan fingerprint density at radius 3 is 2.50 bits per heavy atom. The molecule has 0 heterocycles. The minimum absolute atomic E-state index is 0.0472. The zero-order valence-corrected chi connectivity index (χ0v) is 10.3. The smallest absolute Gasteiger partial charge is 0.389 e. The molecule has 0 aromatic carbocycles. The van der Waals surface area contributed by atoms with Gasteiger partial charge in [0.25, 0.3) is 0 Å². The minimum Gasteiger partial charge on any atom is -0.465 e. The van der Waals surface area contributed by atoms with Gasteiger partial charge in [0, 0.05) is 6.42 Å². The summed E-state index contributed by atoms with van der Waals surface area (Å²) in [6.45, 7) is 4.20. The van der Waals surface area contributed by atoms with Gasteiger partial charge in [-0.25, -0.2) is 0 Å². The Hall–Kier alpha value is -0.390. The molecule has 0 bridgehead atoms. The summed E-state index contributed by atoms with van der Waals surface area (Å²) < 4.78 is 40.1. The van der Waals surface area contributed by atoms with Crippen LogP contribution in [0.25, 0.3) is 0 Å². The molecule has 0 aliphatic heterocycles. The quantitative estimate of drug-likeness (QED) is 0.518. The predicted octanol–water partition coefficient (Wildman–Crippen LogP) is 3.26. The fourth-order valence-electron chi connectivity index (χ4n) is 0.831. The monoisotopic (exact) mass is 258 g/mol. The van der Waals surface area contributed by atoms with Crippen LogP contribution in [-0.4, -0.2) is 30.3 Å². The summed E-state index contributed by atoms with van der Waals surface area (Å²) in [5.74, 6) is 0.380. The van der Waals surface area contributed by atoms with E-state index in [1.54, 1.807) is 0 Å². The molecule has 0 radical (unpaired) electrons. The Morgan fingerprint density at radius 2 is 2.00 bits per heavy atom. The van der Waals surface area contributed by atoms with Crippen LogP contribution in [0, 0.1) is 5.92 Å². The normalized spacial score (nSPS) is 11.9. The molecule has 0 atom stereocenters. The average molecular weight is 258 g/mol. The third kappa shape index (κ3) is 11.7. The molecule has 0 unspecified atom stereocenters. The van der Waals surface area contributed by atoms with Gasteiger partial charge in [-0.3, -0.25) is 4.79 Å². The Morgan fingerprint density at radius 1 is 1.38 bits per heavy atom. The molecular formula is C10H17F3O2S. The minimum atomic E-state index is -4.10. The molecule has 0 saturated heterocycles. The predicted molar refractivity (Wildman–Crippen MR) is 58.4 cm³/mol. The topological polar surface area (TPSA) is 26.3 Å². The maximum Gasteiger partial charge on any atom is 0.389 e. The van der Waals surface area contributed by atoms with E-state index in [9.17, 15) is 18.0 Å². The highest BCUT2D eigenvalue weighted by atomic mass is 32.2. The molecule has 0 saturated carbocycles. The van der Waals surface area contributed by atoms with Crippen molar-refractivity contribution < 1.29 is 22.7 Å². The van der Waals surface area contributed by atoms with E-state index in [0.29, 0.717) is 12.4 Å². The van der Waals surface area contributed by atoms with E-state index in [2.05, 4.69) is 0 Å². The van der Waals surface area contributed by atoms with Crippen molar-refractivity contribution in [2.24, 2.45) is 5.92 Å². The number of carbonyl (C=O) groups is 1. The molecule has 0 aromatic heterocycles. The highest BCUT2D eigenvalue weighted by Gasteiger charge is 2.25. The van der Waals surface area contributed by atoms with Gasteiger partial charge >= 0.3 is 12.1 Å². The van der Waals surface area contributed by atoms with Crippen LogP contribution in [0.4, 0.5) is 13.2 Å². The van der Waals surface area contributed by atoms with Crippen molar-refractivity contribution in [3.63, 3.8) is 0 Å². The Balaban J connectivity index is 3.35. The van der Waals surface area contributed by atoms with Crippen LogP contribution in [0.2, 0.25) is 0 Å². The van der Waals surface area contributed by atoms with Crippen molar-refractivity contribution >= 4 is 17.7 Å². The SMILES string of the molecule is CC(C)COC(=O)CSCCCC(F)(F)F. The fourth-order valence-corrected chi connectivity index (χ4v) is 1.57. The number of hydrogen-bond acceptors (Lipinski definition) is 3. The molecule has 0 aliphatic carbocycles. The summed E-state index contributed by atoms with van der Waals surface area (Å²) in [6, 6.07) is 0. The summed E-state index contributed by atoms with van der Waals surface area (Å²) in [4.78, 5) is 11.0. The largest absolute Gasteiger partial charge is 0.465 e. The van der Waals surface area contributed by atoms with Crippen molar-refractivity contribution in [2.75, 3.05) is 18.1 Å². The van der Waals surface area contributed by atoms with Gasteiger partial charge in [-0.2, -0.15) is 24.9 Å². The zero-order valence-electron chi connectivity index (χ0n) is 9.47. The molecule has 0 fully saturated rings. The molecule has 0 rings (SSSR count). The van der Waals surface area contributed by atoms with E-state index < -0.39 is 12.6 Å². The van der Waals surface area contributed by atoms with Crippen LogP contribution < -0.4 is 0 Å². The number of halogens is 3. The lowest BCUT2D eigenvalue weighted by Crippen LogP contribution is -2.12. The molecule has 0 aromatic rings. The molecule has 96 valence electrons. The van der Waals surface area contributed by atoms with E-state index in [-0.39, 0.29) is 24.1 Å². The Kier molecular flexibility index (Phi) is 7.62. The lowest BCUT2D eigenvalue weighted by molar-refractivity contribution is -0.141. The highest BCUT2D eigenvalue weighted by Crippen LogP contribution is 2.22. The average Bonchev–Trinajstić information content (AvgIpc) is 2.12. The first-order valence-electron chi connectivity index (χ1n) is 5.11. The van der Waals surface area contributed by atoms with Gasteiger partial charge in [-0.15, -0.1) is 0 Å². The molecule has 16 heavy (non-hydrogen) atoms. The van der Waals surface area contributed by atoms with Crippen LogP contribution in [0.15, 0.2) is 0 Å². The van der Waals surface area contributed by atoms with Crippen molar-refractivity contribution in [1.29, 1.82) is 0 Å². The first-order chi connectivity index (χ1) is 7.31. The first-order valence-corrected chi connectivity index (χ1v) is 6.27. The van der Waals surface area contributed by atoms with Gasteiger partial charge in [0.15, 0.2) is 0 Å². The molecule has 6 heteroatoms. The summed E-state index contributed by atoms with van der Waals surface area (Å²) in [5.41, 5.74) is 0. The molecular weight excluding hydrogens is 241 g/mol. The summed E-state index contributed by atoms with van der Waals surface area (Å²) in [6.07, 6.45) is -4.84. The Labute approximate surface area is 97.9 Å². The highest BCUT2D eigenvalue weighted by molar-refractivity contribution is 7.99. The van der Waals surface area contributed by atoms with Crippen LogP contribution in [0.1, 0.15) is 26.7 Å². The number of alkyl halides is 3. The summed E-state index contributed by atoms with van der Waals surface area (Å²) >= 11 is 1.18. The van der Waals surface area contributed by atoms with Crippen molar-refractivity contribution in [3.05, 3.63) is 0 Å². The van der Waals surface area contributed by atoms with Crippen LogP contribution in [0.3, 0.4) is 0 Å². The maximum atomic E-state index is 11.8. The van der Waals surface area contributed by atoms with Gasteiger partial charge in [-0.1, -0.05) is 13.8 Å². The third-order valence-corrected chi connectivity index (χ3v) is 2.56. The number of hydrogen-bond donors (Lipinski definition) is 0. The van der Waals surface area contributed by atoms with Crippen molar-refractivity contribution in [1.82, 2.24) is 0 Å². The molecule has 0 N–H and O–H groups in total. The number of esters is 1. The summed E-state index contributed by atoms with van der Waals surface area (Å²) in [7, 11) is 0. The Bertz CT molecular complexity index is 205. The lowest BCUT2D eigenvalue weighted by atomic mass is 10.2. The van der Waals surface area contributed by atoms with Crippen molar-refractivity contribution in [2.45, 2.75) is 32.9 Å². The number of rotatable bonds is 7. The molecule has 0 amide bonds. The maximum absolute atomic E-state index is 11.8. The van der Waals surface area contributed by atoms with Gasteiger partial charge in [0.05, 0.1) is 12.4 Å². The van der Waals surface area contributed by atoms with Gasteiger partial charge in [0.2, 0.25) is 0 Å². The summed E-state index contributed by atoms with van der Waals surface area (Å²) in [5, 5.41) is 0. The zero-order chi connectivity index (χ0) is 12.6. The first kappa shape index (κ1) is 15.6. The number of carbonyl (C=O) groups excluding carboxylic acids is 1. The third-order valence-electron chi connectivity index (χ3n) is 1.55. The number of ether oxygens (including phenoxy) is 1. The van der Waals surface area contributed by atoms with Gasteiger partial charge in [0.1, 0.15) is 0 Å². The second-order valence-corrected chi connectivity index (χ2v) is 4.95. The standard InChI is InChI=1S/C10H17F3O2S/c1-8(2)6-15-9(14)7-16-5-3-4-10(11,12)13/h8H,3-7H2,1-2H3. The van der Waals surface area contributed by atoms with E-state index in [1.165, 1.54) is 11.8 Å². The van der Waals surface area contributed by atoms with E-state index in [4.69, 9.17) is 4.74 Å².